The minimum atomic E-state index is -0.0615. The summed E-state index contributed by atoms with van der Waals surface area (Å²) in [4.78, 5) is 4.44. The van der Waals surface area contributed by atoms with Gasteiger partial charge in [-0.2, -0.15) is 0 Å². The molecule has 2 aliphatic rings. The van der Waals surface area contributed by atoms with E-state index in [9.17, 15) is 0 Å². The molecule has 0 radical (unpaired) electrons. The first-order valence-electron chi connectivity index (χ1n) is 7.02. The van der Waals surface area contributed by atoms with Crippen LogP contribution in [0, 0.1) is 0 Å². The summed E-state index contributed by atoms with van der Waals surface area (Å²) < 4.78 is 16.9. The fourth-order valence-electron chi connectivity index (χ4n) is 2.28. The molecule has 2 aliphatic heterocycles. The average molecular weight is 281 g/mol. The Morgan fingerprint density at radius 1 is 1.14 bits per heavy atom. The summed E-state index contributed by atoms with van der Waals surface area (Å²) >= 11 is 0. The lowest BCUT2D eigenvalue weighted by molar-refractivity contribution is 0.217. The van der Waals surface area contributed by atoms with Gasteiger partial charge in [0, 0.05) is 12.3 Å². The van der Waals surface area contributed by atoms with Gasteiger partial charge in [0.25, 0.3) is 0 Å². The number of hydrogen-bond donors (Lipinski definition) is 0. The molecule has 1 saturated heterocycles. The van der Waals surface area contributed by atoms with Crippen molar-refractivity contribution in [2.24, 2.45) is 4.99 Å². The molecule has 1 unspecified atom stereocenters. The van der Waals surface area contributed by atoms with Crippen molar-refractivity contribution in [3.05, 3.63) is 54.1 Å². The van der Waals surface area contributed by atoms with Gasteiger partial charge in [0.2, 0.25) is 0 Å². The van der Waals surface area contributed by atoms with Gasteiger partial charge in [0.05, 0.1) is 6.61 Å². The molecular formula is C17H15NO3. The zero-order valence-corrected chi connectivity index (χ0v) is 11.4. The highest BCUT2D eigenvalue weighted by Crippen LogP contribution is 2.36. The van der Waals surface area contributed by atoms with Gasteiger partial charge in [-0.15, -0.1) is 0 Å². The smallest absolute Gasteiger partial charge is 0.162 e. The van der Waals surface area contributed by atoms with Crippen molar-refractivity contribution < 1.29 is 14.2 Å². The molecule has 0 saturated carbocycles. The highest BCUT2D eigenvalue weighted by atomic mass is 16.6. The van der Waals surface area contributed by atoms with E-state index in [1.54, 1.807) is 6.21 Å². The van der Waals surface area contributed by atoms with Crippen LogP contribution in [0.25, 0.3) is 0 Å². The van der Waals surface area contributed by atoms with Gasteiger partial charge in [0.1, 0.15) is 29.9 Å². The SMILES string of the molecule is C1=Nc2cc(OCc3ccccc3)ccc2O[C@H]1C1CO1. The number of rotatable bonds is 4. The van der Waals surface area contributed by atoms with Gasteiger partial charge < -0.3 is 14.2 Å². The zero-order valence-electron chi connectivity index (χ0n) is 11.4. The average Bonchev–Trinajstić information content (AvgIpc) is 3.38. The van der Waals surface area contributed by atoms with E-state index in [0.717, 1.165) is 29.4 Å². The van der Waals surface area contributed by atoms with Crippen molar-refractivity contribution in [1.82, 2.24) is 0 Å². The molecule has 1 fully saturated rings. The van der Waals surface area contributed by atoms with Crippen molar-refractivity contribution in [3.63, 3.8) is 0 Å². The van der Waals surface area contributed by atoms with Crippen LogP contribution in [0.15, 0.2) is 53.5 Å². The molecule has 4 heteroatoms. The summed E-state index contributed by atoms with van der Waals surface area (Å²) in [5, 5.41) is 0. The standard InChI is InChI=1S/C17H15NO3/c1-2-4-12(5-3-1)10-19-13-6-7-15-14(8-13)18-9-16(21-15)17-11-20-17/h1-9,16-17H,10-11H2/t16-,17?/m1/s1. The predicted octanol–water partition coefficient (Wildman–Crippen LogP) is 3.13. The summed E-state index contributed by atoms with van der Waals surface area (Å²) in [5.74, 6) is 1.57. The molecule has 0 amide bonds. The third kappa shape index (κ3) is 2.76. The Labute approximate surface area is 123 Å². The van der Waals surface area contributed by atoms with Gasteiger partial charge in [-0.05, 0) is 17.7 Å². The quantitative estimate of drug-likeness (QED) is 0.809. The van der Waals surface area contributed by atoms with Crippen molar-refractivity contribution in [2.45, 2.75) is 18.8 Å². The highest BCUT2D eigenvalue weighted by Gasteiger charge is 2.35. The minimum absolute atomic E-state index is 0.0615. The van der Waals surface area contributed by atoms with E-state index in [1.807, 2.05) is 48.5 Å². The number of fused-ring (bicyclic) bond motifs is 1. The molecule has 0 bridgehead atoms. The lowest BCUT2D eigenvalue weighted by atomic mass is 10.2. The number of nitrogens with zero attached hydrogens (tertiary/aromatic N) is 1. The molecule has 106 valence electrons. The topological polar surface area (TPSA) is 43.4 Å². The Balaban J connectivity index is 1.46. The Morgan fingerprint density at radius 2 is 2.00 bits per heavy atom. The summed E-state index contributed by atoms with van der Waals surface area (Å²) in [7, 11) is 0. The van der Waals surface area contributed by atoms with Gasteiger partial charge in [0.15, 0.2) is 6.10 Å². The largest absolute Gasteiger partial charge is 0.489 e. The van der Waals surface area contributed by atoms with Gasteiger partial charge in [-0.3, -0.25) is 4.99 Å². The normalized spacial score (nSPS) is 22.3. The van der Waals surface area contributed by atoms with Crippen LogP contribution in [-0.2, 0) is 11.3 Å². The van der Waals surface area contributed by atoms with E-state index in [4.69, 9.17) is 14.2 Å². The summed E-state index contributed by atoms with van der Waals surface area (Å²) in [6, 6.07) is 15.8. The van der Waals surface area contributed by atoms with Crippen LogP contribution in [0.5, 0.6) is 11.5 Å². The molecule has 4 rings (SSSR count). The molecule has 4 nitrogen and oxygen atoms in total. The molecular weight excluding hydrogens is 266 g/mol. The van der Waals surface area contributed by atoms with E-state index >= 15 is 0 Å². The van der Waals surface area contributed by atoms with E-state index in [1.165, 1.54) is 0 Å². The van der Waals surface area contributed by atoms with E-state index < -0.39 is 0 Å². The summed E-state index contributed by atoms with van der Waals surface area (Å²) in [5.41, 5.74) is 1.94. The lowest BCUT2D eigenvalue weighted by Crippen LogP contribution is -2.26. The number of ether oxygens (including phenoxy) is 3. The maximum atomic E-state index is 5.84. The van der Waals surface area contributed by atoms with E-state index in [2.05, 4.69) is 4.99 Å². The van der Waals surface area contributed by atoms with Crippen LogP contribution in [0.2, 0.25) is 0 Å². The van der Waals surface area contributed by atoms with Crippen molar-refractivity contribution in [2.75, 3.05) is 6.61 Å². The van der Waals surface area contributed by atoms with Crippen LogP contribution in [-0.4, -0.2) is 25.0 Å². The summed E-state index contributed by atoms with van der Waals surface area (Å²) in [6.45, 7) is 1.30. The number of aliphatic imine (C=N–C) groups is 1. The first-order valence-corrected chi connectivity index (χ1v) is 7.02. The minimum Gasteiger partial charge on any atom is -0.489 e. The fourth-order valence-corrected chi connectivity index (χ4v) is 2.28. The van der Waals surface area contributed by atoms with Crippen molar-refractivity contribution >= 4 is 11.9 Å². The predicted molar refractivity (Wildman–Crippen MR) is 79.5 cm³/mol. The van der Waals surface area contributed by atoms with Crippen LogP contribution >= 0.6 is 0 Å². The second-order valence-corrected chi connectivity index (χ2v) is 5.14. The fraction of sp³-hybridized carbons (Fsp3) is 0.235. The van der Waals surface area contributed by atoms with Crippen molar-refractivity contribution in [3.8, 4) is 11.5 Å². The summed E-state index contributed by atoms with van der Waals surface area (Å²) in [6.07, 6.45) is 1.91. The first kappa shape index (κ1) is 12.4. The highest BCUT2D eigenvalue weighted by molar-refractivity contribution is 5.75. The molecule has 2 heterocycles. The molecule has 2 aromatic carbocycles. The zero-order chi connectivity index (χ0) is 14.1. The Hall–Kier alpha value is -2.33. The Morgan fingerprint density at radius 3 is 2.81 bits per heavy atom. The molecule has 0 spiro atoms. The maximum Gasteiger partial charge on any atom is 0.162 e. The first-order chi connectivity index (χ1) is 10.4. The molecule has 21 heavy (non-hydrogen) atoms. The van der Waals surface area contributed by atoms with Gasteiger partial charge >= 0.3 is 0 Å². The van der Waals surface area contributed by atoms with Crippen LogP contribution < -0.4 is 9.47 Å². The molecule has 0 N–H and O–H groups in total. The second-order valence-electron chi connectivity index (χ2n) is 5.14. The van der Waals surface area contributed by atoms with Gasteiger partial charge in [-0.1, -0.05) is 30.3 Å². The van der Waals surface area contributed by atoms with E-state index in [0.29, 0.717) is 6.61 Å². The molecule has 2 aromatic rings. The van der Waals surface area contributed by atoms with Gasteiger partial charge in [-0.25, -0.2) is 0 Å². The second kappa shape index (κ2) is 5.22. The maximum absolute atomic E-state index is 5.84. The number of epoxide rings is 1. The molecule has 0 aromatic heterocycles. The monoisotopic (exact) mass is 281 g/mol. The lowest BCUT2D eigenvalue weighted by Gasteiger charge is -2.19. The van der Waals surface area contributed by atoms with E-state index in [-0.39, 0.29) is 12.2 Å². The molecule has 2 atom stereocenters. The van der Waals surface area contributed by atoms with Crippen LogP contribution in [0.1, 0.15) is 5.56 Å². The number of hydrogen-bond acceptors (Lipinski definition) is 4. The van der Waals surface area contributed by atoms with Crippen LogP contribution in [0.4, 0.5) is 5.69 Å². The number of benzene rings is 2. The Bertz CT molecular complexity index is 665. The third-order valence-corrected chi connectivity index (χ3v) is 3.53. The van der Waals surface area contributed by atoms with Crippen LogP contribution in [0.3, 0.4) is 0 Å². The molecule has 0 aliphatic carbocycles. The van der Waals surface area contributed by atoms with Crippen molar-refractivity contribution in [1.29, 1.82) is 0 Å². The third-order valence-electron chi connectivity index (χ3n) is 3.53. The Kier molecular flexibility index (Phi) is 3.09.